The highest BCUT2D eigenvalue weighted by atomic mass is 15.2. The minimum absolute atomic E-state index is 0.787. The van der Waals surface area contributed by atoms with Crippen molar-refractivity contribution in [1.82, 2.24) is 4.98 Å². The van der Waals surface area contributed by atoms with Gasteiger partial charge in [-0.1, -0.05) is 20.8 Å². The summed E-state index contributed by atoms with van der Waals surface area (Å²) in [5.41, 5.74) is 1.31. The molecule has 0 bridgehead atoms. The van der Waals surface area contributed by atoms with E-state index >= 15 is 0 Å². The lowest BCUT2D eigenvalue weighted by molar-refractivity contribution is 0.423. The third-order valence-electron chi connectivity index (χ3n) is 3.83. The SMILES string of the molecule is CCCNc1cc(N2CCC(C(C)C)C2)ccn1. The first-order valence-electron chi connectivity index (χ1n) is 7.15. The smallest absolute Gasteiger partial charge is 0.127 e. The van der Waals surface area contributed by atoms with Gasteiger partial charge in [-0.2, -0.15) is 0 Å². The molecule has 3 heteroatoms. The zero-order valence-corrected chi connectivity index (χ0v) is 11.8. The van der Waals surface area contributed by atoms with E-state index in [0.717, 1.165) is 30.6 Å². The van der Waals surface area contributed by atoms with Crippen LogP contribution in [0.3, 0.4) is 0 Å². The molecule has 3 nitrogen and oxygen atoms in total. The third-order valence-corrected chi connectivity index (χ3v) is 3.83. The van der Waals surface area contributed by atoms with Crippen LogP contribution in [0.4, 0.5) is 11.5 Å². The summed E-state index contributed by atoms with van der Waals surface area (Å²) in [5, 5.41) is 3.35. The van der Waals surface area contributed by atoms with Gasteiger partial charge >= 0.3 is 0 Å². The van der Waals surface area contributed by atoms with E-state index < -0.39 is 0 Å². The Balaban J connectivity index is 2.01. The van der Waals surface area contributed by atoms with Gasteiger partial charge in [-0.3, -0.25) is 0 Å². The van der Waals surface area contributed by atoms with Crippen molar-refractivity contribution in [3.8, 4) is 0 Å². The zero-order valence-electron chi connectivity index (χ0n) is 11.8. The maximum Gasteiger partial charge on any atom is 0.127 e. The van der Waals surface area contributed by atoms with Crippen molar-refractivity contribution < 1.29 is 0 Å². The summed E-state index contributed by atoms with van der Waals surface area (Å²) >= 11 is 0. The van der Waals surface area contributed by atoms with Crippen LogP contribution in [0.25, 0.3) is 0 Å². The van der Waals surface area contributed by atoms with Gasteiger partial charge in [-0.15, -0.1) is 0 Å². The fraction of sp³-hybridized carbons (Fsp3) is 0.667. The zero-order chi connectivity index (χ0) is 13.0. The first-order valence-corrected chi connectivity index (χ1v) is 7.15. The highest BCUT2D eigenvalue weighted by Gasteiger charge is 2.25. The van der Waals surface area contributed by atoms with E-state index in [9.17, 15) is 0 Å². The van der Waals surface area contributed by atoms with Gasteiger partial charge in [-0.05, 0) is 30.7 Å². The van der Waals surface area contributed by atoms with Gasteiger partial charge in [0.25, 0.3) is 0 Å². The Hall–Kier alpha value is -1.25. The number of nitrogens with one attached hydrogen (secondary N) is 1. The lowest BCUT2D eigenvalue weighted by Crippen LogP contribution is -2.21. The molecule has 1 aromatic rings. The average molecular weight is 247 g/mol. The molecule has 1 aliphatic heterocycles. The molecule has 2 heterocycles. The minimum atomic E-state index is 0.787. The highest BCUT2D eigenvalue weighted by Crippen LogP contribution is 2.28. The fourth-order valence-electron chi connectivity index (χ4n) is 2.53. The van der Waals surface area contributed by atoms with Crippen LogP contribution in [0.2, 0.25) is 0 Å². The number of nitrogens with zero attached hydrogens (tertiary/aromatic N) is 2. The van der Waals surface area contributed by atoms with Gasteiger partial charge < -0.3 is 10.2 Å². The van der Waals surface area contributed by atoms with E-state index in [4.69, 9.17) is 0 Å². The van der Waals surface area contributed by atoms with E-state index in [1.54, 1.807) is 0 Å². The second-order valence-electron chi connectivity index (χ2n) is 5.56. The van der Waals surface area contributed by atoms with Gasteiger partial charge in [0.1, 0.15) is 5.82 Å². The van der Waals surface area contributed by atoms with Crippen molar-refractivity contribution in [2.45, 2.75) is 33.6 Å². The van der Waals surface area contributed by atoms with E-state index in [-0.39, 0.29) is 0 Å². The van der Waals surface area contributed by atoms with Crippen LogP contribution in [-0.2, 0) is 0 Å². The molecule has 0 amide bonds. The summed E-state index contributed by atoms with van der Waals surface area (Å²) in [6.45, 7) is 10.2. The lowest BCUT2D eigenvalue weighted by Gasteiger charge is -2.20. The second-order valence-corrected chi connectivity index (χ2v) is 5.56. The Kier molecular flexibility index (Phi) is 4.45. The molecule has 0 radical (unpaired) electrons. The maximum atomic E-state index is 4.36. The average Bonchev–Trinajstić information content (AvgIpc) is 2.86. The van der Waals surface area contributed by atoms with Crippen molar-refractivity contribution in [3.05, 3.63) is 18.3 Å². The Bertz CT molecular complexity index is 376. The van der Waals surface area contributed by atoms with Crippen LogP contribution < -0.4 is 10.2 Å². The van der Waals surface area contributed by atoms with Gasteiger partial charge in [0.2, 0.25) is 0 Å². The third kappa shape index (κ3) is 3.15. The van der Waals surface area contributed by atoms with Gasteiger partial charge in [0, 0.05) is 37.6 Å². The summed E-state index contributed by atoms with van der Waals surface area (Å²) in [7, 11) is 0. The predicted octanol–water partition coefficient (Wildman–Crippen LogP) is 3.39. The molecular formula is C15H25N3. The van der Waals surface area contributed by atoms with E-state index in [2.05, 4.69) is 48.1 Å². The number of aromatic nitrogens is 1. The Morgan fingerprint density at radius 1 is 1.50 bits per heavy atom. The summed E-state index contributed by atoms with van der Waals surface area (Å²) in [4.78, 5) is 6.85. The van der Waals surface area contributed by atoms with Crippen molar-refractivity contribution >= 4 is 11.5 Å². The molecule has 1 unspecified atom stereocenters. The van der Waals surface area contributed by atoms with Crippen LogP contribution in [0.1, 0.15) is 33.6 Å². The molecule has 18 heavy (non-hydrogen) atoms. The fourth-order valence-corrected chi connectivity index (χ4v) is 2.53. The minimum Gasteiger partial charge on any atom is -0.371 e. The first kappa shape index (κ1) is 13.2. The number of rotatable bonds is 5. The Morgan fingerprint density at radius 2 is 2.33 bits per heavy atom. The van der Waals surface area contributed by atoms with Crippen molar-refractivity contribution in [2.24, 2.45) is 11.8 Å². The van der Waals surface area contributed by atoms with E-state index in [0.29, 0.717) is 0 Å². The molecule has 0 aromatic carbocycles. The predicted molar refractivity (Wildman–Crippen MR) is 78.2 cm³/mol. The van der Waals surface area contributed by atoms with Gasteiger partial charge in [-0.25, -0.2) is 4.98 Å². The normalized spacial score (nSPS) is 19.6. The molecular weight excluding hydrogens is 222 g/mol. The summed E-state index contributed by atoms with van der Waals surface area (Å²) in [6.07, 6.45) is 4.36. The molecule has 1 saturated heterocycles. The standard InChI is InChI=1S/C15H25N3/c1-4-7-16-15-10-14(5-8-17-15)18-9-6-13(11-18)12(2)3/h5,8,10,12-13H,4,6-7,9,11H2,1-3H3,(H,16,17). The lowest BCUT2D eigenvalue weighted by atomic mass is 9.95. The van der Waals surface area contributed by atoms with Crippen LogP contribution >= 0.6 is 0 Å². The van der Waals surface area contributed by atoms with Crippen LogP contribution in [-0.4, -0.2) is 24.6 Å². The largest absolute Gasteiger partial charge is 0.371 e. The molecule has 1 atom stereocenters. The maximum absolute atomic E-state index is 4.36. The molecule has 1 aromatic heterocycles. The molecule has 1 fully saturated rings. The van der Waals surface area contributed by atoms with Crippen LogP contribution in [0.5, 0.6) is 0 Å². The second kappa shape index (κ2) is 6.07. The molecule has 0 saturated carbocycles. The van der Waals surface area contributed by atoms with Crippen molar-refractivity contribution in [2.75, 3.05) is 29.9 Å². The molecule has 1 N–H and O–H groups in total. The molecule has 2 rings (SSSR count). The van der Waals surface area contributed by atoms with Crippen LogP contribution in [0, 0.1) is 11.8 Å². The van der Waals surface area contributed by atoms with Crippen LogP contribution in [0.15, 0.2) is 18.3 Å². The molecule has 0 aliphatic carbocycles. The molecule has 0 spiro atoms. The Morgan fingerprint density at radius 3 is 3.00 bits per heavy atom. The molecule has 1 aliphatic rings. The number of pyridine rings is 1. The summed E-state index contributed by atoms with van der Waals surface area (Å²) in [5.74, 6) is 2.63. The molecule has 100 valence electrons. The van der Waals surface area contributed by atoms with Crippen molar-refractivity contribution in [3.63, 3.8) is 0 Å². The van der Waals surface area contributed by atoms with E-state index in [1.165, 1.54) is 25.2 Å². The Labute approximate surface area is 111 Å². The highest BCUT2D eigenvalue weighted by molar-refractivity contribution is 5.54. The monoisotopic (exact) mass is 247 g/mol. The topological polar surface area (TPSA) is 28.2 Å². The van der Waals surface area contributed by atoms with E-state index in [1.807, 2.05) is 6.20 Å². The van der Waals surface area contributed by atoms with Gasteiger partial charge in [0.05, 0.1) is 0 Å². The number of anilines is 2. The van der Waals surface area contributed by atoms with Crippen molar-refractivity contribution in [1.29, 1.82) is 0 Å². The first-order chi connectivity index (χ1) is 8.70. The number of hydrogen-bond donors (Lipinski definition) is 1. The van der Waals surface area contributed by atoms with Gasteiger partial charge in [0.15, 0.2) is 0 Å². The summed E-state index contributed by atoms with van der Waals surface area (Å²) in [6, 6.07) is 4.30. The number of hydrogen-bond acceptors (Lipinski definition) is 3. The quantitative estimate of drug-likeness (QED) is 0.864. The summed E-state index contributed by atoms with van der Waals surface area (Å²) < 4.78 is 0.